The number of ether oxygens (including phenoxy) is 1. The molecule has 0 rings (SSSR count). The second kappa shape index (κ2) is 6.05. The minimum atomic E-state index is -0.726. The van der Waals surface area contributed by atoms with E-state index < -0.39 is 6.04 Å². The molecule has 0 saturated carbocycles. The van der Waals surface area contributed by atoms with Gasteiger partial charge in [-0.2, -0.15) is 0 Å². The third-order valence-corrected chi connectivity index (χ3v) is 1.67. The molecule has 5 nitrogen and oxygen atoms in total. The zero-order valence-electron chi connectivity index (χ0n) is 10.2. The van der Waals surface area contributed by atoms with Crippen molar-refractivity contribution >= 4 is 5.91 Å². The third kappa shape index (κ3) is 6.43. The van der Waals surface area contributed by atoms with Gasteiger partial charge in [0.15, 0.2) is 0 Å². The first-order valence-electron chi connectivity index (χ1n) is 5.13. The van der Waals surface area contributed by atoms with E-state index in [1.54, 1.807) is 13.8 Å². The molecule has 0 heterocycles. The van der Waals surface area contributed by atoms with E-state index in [0.29, 0.717) is 6.61 Å². The molecule has 0 bridgehead atoms. The summed E-state index contributed by atoms with van der Waals surface area (Å²) in [6.45, 7) is 9.69. The first-order valence-corrected chi connectivity index (χ1v) is 5.13. The Hall–Kier alpha value is -0.650. The van der Waals surface area contributed by atoms with Crippen LogP contribution in [0.25, 0.3) is 0 Å². The quantitative estimate of drug-likeness (QED) is 0.662. The van der Waals surface area contributed by atoms with Crippen LogP contribution in [0.4, 0.5) is 0 Å². The highest BCUT2D eigenvalue weighted by molar-refractivity contribution is 5.81. The van der Waals surface area contributed by atoms with Gasteiger partial charge in [-0.1, -0.05) is 0 Å². The second-order valence-corrected chi connectivity index (χ2v) is 4.36. The molecule has 0 spiro atoms. The van der Waals surface area contributed by atoms with Crippen LogP contribution in [-0.2, 0) is 14.4 Å². The highest BCUT2D eigenvalue weighted by Gasteiger charge is 2.25. The highest BCUT2D eigenvalue weighted by Crippen LogP contribution is 2.12. The van der Waals surface area contributed by atoms with Crippen molar-refractivity contribution in [3.05, 3.63) is 0 Å². The molecule has 0 unspecified atom stereocenters. The zero-order valence-corrected chi connectivity index (χ0v) is 10.2. The second-order valence-electron chi connectivity index (χ2n) is 4.36. The Balaban J connectivity index is 4.07. The summed E-state index contributed by atoms with van der Waals surface area (Å²) in [5.74, 6) is -0.367. The smallest absolute Gasteiger partial charge is 0.263 e. The predicted octanol–water partition coefficient (Wildman–Crippen LogP) is 0.585. The maximum Gasteiger partial charge on any atom is 0.263 e. The monoisotopic (exact) mass is 218 g/mol. The van der Waals surface area contributed by atoms with Crippen molar-refractivity contribution in [1.29, 1.82) is 0 Å². The molecule has 0 aliphatic carbocycles. The lowest BCUT2D eigenvalue weighted by Gasteiger charge is -2.28. The molecule has 0 aliphatic rings. The van der Waals surface area contributed by atoms with Crippen LogP contribution in [0.15, 0.2) is 0 Å². The molecule has 0 fully saturated rings. The van der Waals surface area contributed by atoms with Gasteiger partial charge in [-0.05, 0) is 34.6 Å². The largest absolute Gasteiger partial charge is 0.371 e. The summed E-state index contributed by atoms with van der Waals surface area (Å²) in [6, 6.07) is -0.726. The number of hydrogen-bond donors (Lipinski definition) is 2. The molecule has 0 radical (unpaired) electrons. The molecular weight excluding hydrogens is 196 g/mol. The van der Waals surface area contributed by atoms with Gasteiger partial charge in [-0.25, -0.2) is 5.48 Å². The Bertz CT molecular complexity index is 201. The van der Waals surface area contributed by atoms with Crippen LogP contribution in [-0.4, -0.2) is 30.3 Å². The number of nitrogens with one attached hydrogen (secondary N) is 1. The number of rotatable bonds is 5. The van der Waals surface area contributed by atoms with Crippen molar-refractivity contribution in [2.45, 2.75) is 52.4 Å². The first kappa shape index (κ1) is 14.3. The van der Waals surface area contributed by atoms with E-state index in [4.69, 9.17) is 15.3 Å². The number of carbonyl (C=O) groups excluding carboxylic acids is 1. The van der Waals surface area contributed by atoms with E-state index in [1.807, 2.05) is 20.8 Å². The van der Waals surface area contributed by atoms with Crippen LogP contribution >= 0.6 is 0 Å². The molecule has 3 N–H and O–H groups in total. The Morgan fingerprint density at radius 2 is 2.00 bits per heavy atom. The van der Waals surface area contributed by atoms with Crippen molar-refractivity contribution in [1.82, 2.24) is 5.48 Å². The zero-order chi connectivity index (χ0) is 12.1. The van der Waals surface area contributed by atoms with Gasteiger partial charge in [-0.3, -0.25) is 9.63 Å². The van der Waals surface area contributed by atoms with Gasteiger partial charge in [-0.15, -0.1) is 0 Å². The average molecular weight is 218 g/mol. The molecule has 0 saturated heterocycles. The van der Waals surface area contributed by atoms with Crippen LogP contribution in [0.3, 0.4) is 0 Å². The van der Waals surface area contributed by atoms with Crippen molar-refractivity contribution in [2.75, 3.05) is 6.61 Å². The molecular formula is C10H22N2O3. The summed E-state index contributed by atoms with van der Waals surface area (Å²) in [5, 5.41) is 0. The Morgan fingerprint density at radius 1 is 1.47 bits per heavy atom. The fourth-order valence-electron chi connectivity index (χ4n) is 1.06. The van der Waals surface area contributed by atoms with Gasteiger partial charge in [0.05, 0.1) is 18.3 Å². The van der Waals surface area contributed by atoms with E-state index in [2.05, 4.69) is 5.48 Å². The topological polar surface area (TPSA) is 73.6 Å². The molecule has 5 heteroatoms. The number of nitrogens with two attached hydrogens (primary N) is 1. The van der Waals surface area contributed by atoms with E-state index in [-0.39, 0.29) is 17.6 Å². The Morgan fingerprint density at radius 3 is 2.40 bits per heavy atom. The van der Waals surface area contributed by atoms with Crippen molar-refractivity contribution in [3.8, 4) is 0 Å². The van der Waals surface area contributed by atoms with E-state index in [9.17, 15) is 4.79 Å². The van der Waals surface area contributed by atoms with Crippen LogP contribution in [0.5, 0.6) is 0 Å². The van der Waals surface area contributed by atoms with Gasteiger partial charge in [0.2, 0.25) is 0 Å². The van der Waals surface area contributed by atoms with Crippen LogP contribution < -0.4 is 11.2 Å². The molecule has 15 heavy (non-hydrogen) atoms. The SMILES string of the molecule is CCONC(=O)[C@@H](N)[C@@H](C)OC(C)(C)C. The predicted molar refractivity (Wildman–Crippen MR) is 58.0 cm³/mol. The van der Waals surface area contributed by atoms with Crippen molar-refractivity contribution in [3.63, 3.8) is 0 Å². The third-order valence-electron chi connectivity index (χ3n) is 1.67. The standard InChI is InChI=1S/C10H22N2O3/c1-6-14-12-9(13)8(11)7(2)15-10(3,4)5/h7-8H,6,11H2,1-5H3,(H,12,13)/t7-,8+/m1/s1. The molecule has 90 valence electrons. The lowest BCUT2D eigenvalue weighted by Crippen LogP contribution is -2.49. The summed E-state index contributed by atoms with van der Waals surface area (Å²) in [5.41, 5.74) is 7.63. The normalized spacial score (nSPS) is 15.9. The van der Waals surface area contributed by atoms with Gasteiger partial charge >= 0.3 is 0 Å². The molecule has 1 amide bonds. The minimum absolute atomic E-state index is 0.317. The summed E-state index contributed by atoms with van der Waals surface area (Å²) in [4.78, 5) is 16.1. The number of hydroxylamine groups is 1. The van der Waals surface area contributed by atoms with E-state index in [0.717, 1.165) is 0 Å². The Kier molecular flexibility index (Phi) is 5.79. The lowest BCUT2D eigenvalue weighted by atomic mass is 10.1. The molecule has 0 aromatic carbocycles. The fourth-order valence-corrected chi connectivity index (χ4v) is 1.06. The van der Waals surface area contributed by atoms with Gasteiger partial charge in [0, 0.05) is 0 Å². The van der Waals surface area contributed by atoms with Crippen LogP contribution in [0.2, 0.25) is 0 Å². The minimum Gasteiger partial charge on any atom is -0.371 e. The van der Waals surface area contributed by atoms with Crippen LogP contribution in [0, 0.1) is 0 Å². The lowest BCUT2D eigenvalue weighted by molar-refractivity contribution is -0.141. The van der Waals surface area contributed by atoms with Gasteiger partial charge in [0.1, 0.15) is 6.04 Å². The molecule has 0 aromatic heterocycles. The number of hydrogen-bond acceptors (Lipinski definition) is 4. The van der Waals surface area contributed by atoms with Crippen molar-refractivity contribution in [2.24, 2.45) is 5.73 Å². The van der Waals surface area contributed by atoms with E-state index in [1.165, 1.54) is 0 Å². The summed E-state index contributed by atoms with van der Waals surface area (Å²) >= 11 is 0. The Labute approximate surface area is 91.3 Å². The molecule has 0 aromatic rings. The molecule has 2 atom stereocenters. The first-order chi connectivity index (χ1) is 6.78. The average Bonchev–Trinajstić information content (AvgIpc) is 2.10. The number of amides is 1. The maximum absolute atomic E-state index is 11.4. The maximum atomic E-state index is 11.4. The van der Waals surface area contributed by atoms with Crippen LogP contribution in [0.1, 0.15) is 34.6 Å². The molecule has 0 aliphatic heterocycles. The number of carbonyl (C=O) groups is 1. The van der Waals surface area contributed by atoms with E-state index >= 15 is 0 Å². The fraction of sp³-hybridized carbons (Fsp3) is 0.900. The van der Waals surface area contributed by atoms with Gasteiger partial charge in [0.25, 0.3) is 5.91 Å². The summed E-state index contributed by atoms with van der Waals surface area (Å²) in [7, 11) is 0. The highest BCUT2D eigenvalue weighted by atomic mass is 16.6. The summed E-state index contributed by atoms with van der Waals surface area (Å²) < 4.78 is 5.56. The van der Waals surface area contributed by atoms with Gasteiger partial charge < -0.3 is 10.5 Å². The van der Waals surface area contributed by atoms with Crippen molar-refractivity contribution < 1.29 is 14.4 Å². The summed E-state index contributed by atoms with van der Waals surface area (Å²) in [6.07, 6.45) is -0.356.